The molecule has 1 nitrogen and oxygen atoms in total. The molecule has 1 fully saturated rings. The van der Waals surface area contributed by atoms with Crippen LogP contribution in [0.5, 0.6) is 0 Å². The van der Waals surface area contributed by atoms with E-state index in [1.807, 2.05) is 0 Å². The molecule has 1 heteroatoms. The Hall–Kier alpha value is -0.0400. The van der Waals surface area contributed by atoms with Crippen LogP contribution in [0.3, 0.4) is 0 Å². The van der Waals surface area contributed by atoms with Crippen molar-refractivity contribution in [3.63, 3.8) is 0 Å². The molecule has 0 aliphatic carbocycles. The fraction of sp³-hybridized carbons (Fsp3) is 1.00. The largest absolute Gasteiger partial charge is 0.373 e. The van der Waals surface area contributed by atoms with Crippen LogP contribution in [-0.4, -0.2) is 12.7 Å². The fourth-order valence-corrected chi connectivity index (χ4v) is 1.26. The maximum Gasteiger partial charge on any atom is 0.0810 e. The van der Waals surface area contributed by atoms with E-state index in [0.29, 0.717) is 11.5 Å². The molecular weight excluding hydrogens is 136 g/mol. The number of hydrogen-bond acceptors (Lipinski definition) is 1. The van der Waals surface area contributed by atoms with Gasteiger partial charge in [0.2, 0.25) is 0 Å². The van der Waals surface area contributed by atoms with Gasteiger partial charge in [-0.25, -0.2) is 0 Å². The Bertz CT molecular complexity index is 109. The lowest BCUT2D eigenvalue weighted by atomic mass is 9.89. The van der Waals surface area contributed by atoms with Gasteiger partial charge in [0, 0.05) is 0 Å². The van der Waals surface area contributed by atoms with E-state index in [2.05, 4.69) is 20.8 Å². The lowest BCUT2D eigenvalue weighted by molar-refractivity contribution is 0.343. The predicted molar refractivity (Wildman–Crippen MR) is 47.7 cm³/mol. The Balaban J connectivity index is 1.87. The number of rotatable bonds is 4. The highest BCUT2D eigenvalue weighted by atomic mass is 16.6. The molecule has 1 aliphatic rings. The summed E-state index contributed by atoms with van der Waals surface area (Å²) in [4.78, 5) is 0. The van der Waals surface area contributed by atoms with Gasteiger partial charge in [0.05, 0.1) is 12.7 Å². The number of unbranched alkanes of at least 4 members (excludes halogenated alkanes) is 1. The first-order chi connectivity index (χ1) is 5.08. The summed E-state index contributed by atoms with van der Waals surface area (Å²) in [5, 5.41) is 0. The van der Waals surface area contributed by atoms with Crippen LogP contribution in [0.25, 0.3) is 0 Å². The summed E-state index contributed by atoms with van der Waals surface area (Å²) >= 11 is 0. The van der Waals surface area contributed by atoms with Crippen LogP contribution >= 0.6 is 0 Å². The number of hydrogen-bond donors (Lipinski definition) is 0. The Morgan fingerprint density at radius 1 is 1.27 bits per heavy atom. The van der Waals surface area contributed by atoms with Gasteiger partial charge in [-0.1, -0.05) is 33.6 Å². The molecule has 1 atom stereocenters. The second-order valence-electron chi connectivity index (χ2n) is 4.76. The molecule has 1 heterocycles. The summed E-state index contributed by atoms with van der Waals surface area (Å²) in [6.07, 6.45) is 5.98. The quantitative estimate of drug-likeness (QED) is 0.450. The van der Waals surface area contributed by atoms with E-state index in [-0.39, 0.29) is 0 Å². The van der Waals surface area contributed by atoms with Crippen LogP contribution in [0.15, 0.2) is 0 Å². The average Bonchev–Trinajstić information content (AvgIpc) is 2.60. The third-order valence-corrected chi connectivity index (χ3v) is 2.11. The molecule has 0 spiro atoms. The first-order valence-electron chi connectivity index (χ1n) is 4.69. The minimum Gasteiger partial charge on any atom is -0.373 e. The maximum absolute atomic E-state index is 5.14. The number of epoxide rings is 1. The van der Waals surface area contributed by atoms with Crippen LogP contribution in [-0.2, 0) is 4.74 Å². The van der Waals surface area contributed by atoms with Crippen LogP contribution in [0, 0.1) is 5.41 Å². The zero-order chi connectivity index (χ0) is 8.32. The summed E-state index contributed by atoms with van der Waals surface area (Å²) in [7, 11) is 0. The molecule has 0 aromatic rings. The van der Waals surface area contributed by atoms with Gasteiger partial charge in [0.1, 0.15) is 0 Å². The molecule has 1 saturated heterocycles. The first kappa shape index (κ1) is 9.05. The minimum absolute atomic E-state index is 0.518. The monoisotopic (exact) mass is 156 g/mol. The van der Waals surface area contributed by atoms with E-state index in [1.54, 1.807) is 0 Å². The molecule has 0 saturated carbocycles. The van der Waals surface area contributed by atoms with Crippen LogP contribution in [0.2, 0.25) is 0 Å². The van der Waals surface area contributed by atoms with Gasteiger partial charge in [-0.3, -0.25) is 0 Å². The topological polar surface area (TPSA) is 12.5 Å². The maximum atomic E-state index is 5.14. The molecule has 1 unspecified atom stereocenters. The molecule has 0 N–H and O–H groups in total. The smallest absolute Gasteiger partial charge is 0.0810 e. The predicted octanol–water partition coefficient (Wildman–Crippen LogP) is 2.99. The van der Waals surface area contributed by atoms with Gasteiger partial charge in [0.15, 0.2) is 0 Å². The molecule has 66 valence electrons. The van der Waals surface area contributed by atoms with Crippen molar-refractivity contribution in [1.82, 2.24) is 0 Å². The third-order valence-electron chi connectivity index (χ3n) is 2.11. The molecule has 0 bridgehead atoms. The molecule has 1 aliphatic heterocycles. The van der Waals surface area contributed by atoms with E-state index in [0.717, 1.165) is 6.61 Å². The molecule has 0 aromatic carbocycles. The van der Waals surface area contributed by atoms with Gasteiger partial charge in [-0.2, -0.15) is 0 Å². The average molecular weight is 156 g/mol. The van der Waals surface area contributed by atoms with Crippen molar-refractivity contribution >= 4 is 0 Å². The second-order valence-corrected chi connectivity index (χ2v) is 4.76. The Kier molecular flexibility index (Phi) is 2.94. The van der Waals surface area contributed by atoms with Gasteiger partial charge in [0.25, 0.3) is 0 Å². The van der Waals surface area contributed by atoms with Crippen molar-refractivity contribution in [1.29, 1.82) is 0 Å². The van der Waals surface area contributed by atoms with Crippen LogP contribution in [0.4, 0.5) is 0 Å². The molecule has 0 amide bonds. The van der Waals surface area contributed by atoms with Crippen molar-refractivity contribution in [2.24, 2.45) is 5.41 Å². The Labute approximate surface area is 70.1 Å². The van der Waals surface area contributed by atoms with Gasteiger partial charge in [-0.15, -0.1) is 0 Å². The second kappa shape index (κ2) is 3.57. The van der Waals surface area contributed by atoms with E-state index in [1.165, 1.54) is 25.7 Å². The molecule has 1 rings (SSSR count). The third kappa shape index (κ3) is 5.25. The highest BCUT2D eigenvalue weighted by Crippen LogP contribution is 2.24. The Morgan fingerprint density at radius 3 is 2.36 bits per heavy atom. The van der Waals surface area contributed by atoms with Crippen molar-refractivity contribution in [2.75, 3.05) is 6.61 Å². The standard InChI is InChI=1S/C10H20O/c1-10(2,3)7-5-4-6-9-8-11-9/h9H,4-8H2,1-3H3. The van der Waals surface area contributed by atoms with Crippen molar-refractivity contribution in [3.05, 3.63) is 0 Å². The highest BCUT2D eigenvalue weighted by molar-refractivity contribution is 4.69. The summed E-state index contributed by atoms with van der Waals surface area (Å²) in [5.74, 6) is 0. The summed E-state index contributed by atoms with van der Waals surface area (Å²) in [5.41, 5.74) is 0.518. The first-order valence-corrected chi connectivity index (χ1v) is 4.69. The fourth-order valence-electron chi connectivity index (χ4n) is 1.26. The molecule has 0 aromatic heterocycles. The summed E-state index contributed by atoms with van der Waals surface area (Å²) in [6, 6.07) is 0. The molecular formula is C10H20O. The normalized spacial score (nSPS) is 23.7. The lowest BCUT2D eigenvalue weighted by Gasteiger charge is -2.17. The van der Waals surface area contributed by atoms with Crippen molar-refractivity contribution in [2.45, 2.75) is 52.6 Å². The summed E-state index contributed by atoms with van der Waals surface area (Å²) < 4.78 is 5.14. The highest BCUT2D eigenvalue weighted by Gasteiger charge is 2.21. The zero-order valence-corrected chi connectivity index (χ0v) is 8.02. The Morgan fingerprint density at radius 2 is 1.91 bits per heavy atom. The van der Waals surface area contributed by atoms with E-state index >= 15 is 0 Å². The minimum atomic E-state index is 0.518. The number of ether oxygens (including phenoxy) is 1. The van der Waals surface area contributed by atoms with E-state index in [4.69, 9.17) is 4.74 Å². The molecule has 11 heavy (non-hydrogen) atoms. The SMILES string of the molecule is CC(C)(C)CCCCC1CO1. The van der Waals surface area contributed by atoms with Gasteiger partial charge >= 0.3 is 0 Å². The van der Waals surface area contributed by atoms with Gasteiger partial charge < -0.3 is 4.74 Å². The van der Waals surface area contributed by atoms with E-state index < -0.39 is 0 Å². The van der Waals surface area contributed by atoms with E-state index in [9.17, 15) is 0 Å². The zero-order valence-electron chi connectivity index (χ0n) is 8.02. The van der Waals surface area contributed by atoms with Crippen molar-refractivity contribution < 1.29 is 4.74 Å². The van der Waals surface area contributed by atoms with Crippen LogP contribution in [0.1, 0.15) is 46.5 Å². The summed E-state index contributed by atoms with van der Waals surface area (Å²) in [6.45, 7) is 7.94. The van der Waals surface area contributed by atoms with Crippen LogP contribution < -0.4 is 0 Å². The lowest BCUT2D eigenvalue weighted by Crippen LogP contribution is -2.04. The molecule has 0 radical (unpaired) electrons. The van der Waals surface area contributed by atoms with Gasteiger partial charge in [-0.05, 0) is 18.3 Å². The van der Waals surface area contributed by atoms with Crippen molar-refractivity contribution in [3.8, 4) is 0 Å².